The second-order valence-electron chi connectivity index (χ2n) is 5.35. The quantitative estimate of drug-likeness (QED) is 0.873. The molecule has 0 spiro atoms. The lowest BCUT2D eigenvalue weighted by molar-refractivity contribution is 0.251. The van der Waals surface area contributed by atoms with E-state index < -0.39 is 5.82 Å². The van der Waals surface area contributed by atoms with Gasteiger partial charge in [-0.2, -0.15) is 5.26 Å². The first-order chi connectivity index (χ1) is 10.7. The molecule has 0 N–H and O–H groups in total. The van der Waals surface area contributed by atoms with E-state index in [-0.39, 0.29) is 5.56 Å². The van der Waals surface area contributed by atoms with E-state index in [1.54, 1.807) is 17.4 Å². The molecule has 0 bridgehead atoms. The van der Waals surface area contributed by atoms with Gasteiger partial charge >= 0.3 is 0 Å². The van der Waals surface area contributed by atoms with E-state index in [1.165, 1.54) is 10.9 Å². The van der Waals surface area contributed by atoms with Crippen molar-refractivity contribution in [1.29, 1.82) is 5.26 Å². The fourth-order valence-corrected chi connectivity index (χ4v) is 3.57. The molecule has 22 heavy (non-hydrogen) atoms. The van der Waals surface area contributed by atoms with Crippen molar-refractivity contribution in [3.63, 3.8) is 0 Å². The number of nitriles is 1. The molecule has 3 rings (SSSR count). The van der Waals surface area contributed by atoms with Gasteiger partial charge < -0.3 is 4.90 Å². The summed E-state index contributed by atoms with van der Waals surface area (Å²) in [6, 6.07) is 6.80. The summed E-state index contributed by atoms with van der Waals surface area (Å²) in [5.41, 5.74) is 0.852. The smallest absolute Gasteiger partial charge is 0.143 e. The van der Waals surface area contributed by atoms with Crippen LogP contribution in [0.2, 0.25) is 0 Å². The maximum absolute atomic E-state index is 13.7. The van der Waals surface area contributed by atoms with Crippen LogP contribution in [0.4, 0.5) is 10.1 Å². The predicted molar refractivity (Wildman–Crippen MR) is 85.5 cm³/mol. The summed E-state index contributed by atoms with van der Waals surface area (Å²) in [5, 5.41) is 10.2. The third-order valence-electron chi connectivity index (χ3n) is 3.86. The third-order valence-corrected chi connectivity index (χ3v) is 4.76. The van der Waals surface area contributed by atoms with E-state index in [0.717, 1.165) is 37.7 Å². The van der Waals surface area contributed by atoms with Gasteiger partial charge in [-0.1, -0.05) is 6.07 Å². The first-order valence-electron chi connectivity index (χ1n) is 7.24. The van der Waals surface area contributed by atoms with Crippen LogP contribution in [0.25, 0.3) is 0 Å². The molecule has 1 fully saturated rings. The molecule has 4 nitrogen and oxygen atoms in total. The Bertz CT molecular complexity index is 698. The number of aryl methyl sites for hydroxylation is 1. The monoisotopic (exact) mass is 316 g/mol. The molecule has 0 saturated carbocycles. The number of piperazine rings is 1. The Balaban J connectivity index is 1.65. The van der Waals surface area contributed by atoms with Crippen molar-refractivity contribution in [3.8, 4) is 6.07 Å². The molecule has 6 heteroatoms. The summed E-state index contributed by atoms with van der Waals surface area (Å²) in [5.74, 6) is -0.442. The van der Waals surface area contributed by atoms with Crippen molar-refractivity contribution in [1.82, 2.24) is 9.88 Å². The number of rotatable bonds is 3. The Kier molecular flexibility index (Phi) is 4.36. The Morgan fingerprint density at radius 2 is 2.09 bits per heavy atom. The van der Waals surface area contributed by atoms with Crippen LogP contribution in [-0.4, -0.2) is 36.1 Å². The van der Waals surface area contributed by atoms with E-state index >= 15 is 0 Å². The maximum Gasteiger partial charge on any atom is 0.143 e. The number of halogens is 1. The molecule has 0 atom stereocenters. The number of hydrogen-bond acceptors (Lipinski definition) is 5. The zero-order chi connectivity index (χ0) is 15.5. The number of aromatic nitrogens is 1. The van der Waals surface area contributed by atoms with Crippen LogP contribution in [0.3, 0.4) is 0 Å². The molecular formula is C16H17FN4S. The van der Waals surface area contributed by atoms with Gasteiger partial charge in [-0.25, -0.2) is 9.37 Å². The highest BCUT2D eigenvalue weighted by Gasteiger charge is 2.21. The number of anilines is 1. The van der Waals surface area contributed by atoms with E-state index in [1.807, 2.05) is 25.3 Å². The van der Waals surface area contributed by atoms with Crippen LogP contribution in [-0.2, 0) is 6.54 Å². The molecule has 0 radical (unpaired) electrons. The van der Waals surface area contributed by atoms with Crippen LogP contribution in [0.1, 0.15) is 15.4 Å². The molecule has 0 unspecified atom stereocenters. The van der Waals surface area contributed by atoms with Gasteiger partial charge in [0.15, 0.2) is 0 Å². The summed E-state index contributed by atoms with van der Waals surface area (Å²) in [7, 11) is 0. The highest BCUT2D eigenvalue weighted by molar-refractivity contribution is 7.11. The summed E-state index contributed by atoms with van der Waals surface area (Å²) >= 11 is 1.73. The fraction of sp³-hybridized carbons (Fsp3) is 0.375. The molecule has 2 aromatic rings. The summed E-state index contributed by atoms with van der Waals surface area (Å²) < 4.78 is 13.7. The highest BCUT2D eigenvalue weighted by atomic mass is 32.1. The topological polar surface area (TPSA) is 43.2 Å². The van der Waals surface area contributed by atoms with Crippen LogP contribution < -0.4 is 4.90 Å². The average Bonchev–Trinajstić information content (AvgIpc) is 2.93. The van der Waals surface area contributed by atoms with E-state index in [0.29, 0.717) is 5.69 Å². The van der Waals surface area contributed by atoms with Crippen molar-refractivity contribution < 1.29 is 4.39 Å². The molecule has 0 aliphatic carbocycles. The summed E-state index contributed by atoms with van der Waals surface area (Å²) in [6.07, 6.45) is 1.94. The van der Waals surface area contributed by atoms with Crippen LogP contribution in [0.5, 0.6) is 0 Å². The predicted octanol–water partition coefficient (Wildman–Crippen LogP) is 2.78. The Hall–Kier alpha value is -1.97. The molecule has 1 aliphatic heterocycles. The number of thiazole rings is 1. The lowest BCUT2D eigenvalue weighted by Gasteiger charge is -2.36. The lowest BCUT2D eigenvalue weighted by Crippen LogP contribution is -2.46. The second-order valence-corrected chi connectivity index (χ2v) is 6.67. The molecule has 0 amide bonds. The lowest BCUT2D eigenvalue weighted by atomic mass is 10.1. The standard InChI is InChI=1S/C16H17FN4S/c1-12-19-10-13(22-12)11-20-5-7-21(8-6-20)16-4-2-3-15(17)14(16)9-18/h2-4,10H,5-8,11H2,1H3. The highest BCUT2D eigenvalue weighted by Crippen LogP contribution is 2.24. The van der Waals surface area contributed by atoms with Crippen molar-refractivity contribution in [2.45, 2.75) is 13.5 Å². The van der Waals surface area contributed by atoms with Gasteiger partial charge in [0.25, 0.3) is 0 Å². The van der Waals surface area contributed by atoms with E-state index in [4.69, 9.17) is 5.26 Å². The molecule has 1 saturated heterocycles. The second kappa shape index (κ2) is 6.42. The normalized spacial score (nSPS) is 15.8. The van der Waals surface area contributed by atoms with Crippen LogP contribution >= 0.6 is 11.3 Å². The van der Waals surface area contributed by atoms with Crippen molar-refractivity contribution >= 4 is 17.0 Å². The van der Waals surface area contributed by atoms with E-state index in [2.05, 4.69) is 14.8 Å². The molecule has 1 aromatic carbocycles. The van der Waals surface area contributed by atoms with Gasteiger partial charge in [-0.15, -0.1) is 11.3 Å². The minimum atomic E-state index is -0.442. The molecule has 1 aliphatic rings. The summed E-state index contributed by atoms with van der Waals surface area (Å²) in [6.45, 7) is 6.33. The zero-order valence-electron chi connectivity index (χ0n) is 12.4. The minimum Gasteiger partial charge on any atom is -0.368 e. The maximum atomic E-state index is 13.7. The molecule has 2 heterocycles. The summed E-state index contributed by atoms with van der Waals surface area (Å²) in [4.78, 5) is 10.0. The Morgan fingerprint density at radius 1 is 1.32 bits per heavy atom. The van der Waals surface area contributed by atoms with Crippen molar-refractivity contribution in [2.24, 2.45) is 0 Å². The first-order valence-corrected chi connectivity index (χ1v) is 8.06. The van der Waals surface area contributed by atoms with Crippen LogP contribution in [0.15, 0.2) is 24.4 Å². The largest absolute Gasteiger partial charge is 0.368 e. The number of hydrogen-bond donors (Lipinski definition) is 0. The zero-order valence-corrected chi connectivity index (χ0v) is 13.2. The van der Waals surface area contributed by atoms with Gasteiger partial charge in [0.05, 0.1) is 10.7 Å². The molecule has 1 aromatic heterocycles. The van der Waals surface area contributed by atoms with Gasteiger partial charge in [-0.05, 0) is 19.1 Å². The first kappa shape index (κ1) is 14.9. The number of benzene rings is 1. The van der Waals surface area contributed by atoms with E-state index in [9.17, 15) is 4.39 Å². The molecule has 114 valence electrons. The van der Waals surface area contributed by atoms with Gasteiger partial charge in [0.1, 0.15) is 17.4 Å². The van der Waals surface area contributed by atoms with Gasteiger partial charge in [0, 0.05) is 43.8 Å². The Morgan fingerprint density at radius 3 is 2.73 bits per heavy atom. The van der Waals surface area contributed by atoms with Gasteiger partial charge in [0.2, 0.25) is 0 Å². The average molecular weight is 316 g/mol. The van der Waals surface area contributed by atoms with Crippen molar-refractivity contribution in [2.75, 3.05) is 31.1 Å². The fourth-order valence-electron chi connectivity index (χ4n) is 2.73. The Labute approximate surface area is 133 Å². The van der Waals surface area contributed by atoms with Crippen molar-refractivity contribution in [3.05, 3.63) is 45.7 Å². The minimum absolute atomic E-state index is 0.147. The third kappa shape index (κ3) is 3.11. The molecular weight excluding hydrogens is 299 g/mol. The SMILES string of the molecule is Cc1ncc(CN2CCN(c3cccc(F)c3C#N)CC2)s1. The van der Waals surface area contributed by atoms with Gasteiger partial charge in [-0.3, -0.25) is 4.90 Å². The number of nitrogens with zero attached hydrogens (tertiary/aromatic N) is 4. The van der Waals surface area contributed by atoms with Crippen LogP contribution in [0, 0.1) is 24.1 Å².